The van der Waals surface area contributed by atoms with E-state index in [4.69, 9.17) is 28.4 Å². The van der Waals surface area contributed by atoms with E-state index in [0.717, 1.165) is 64.2 Å². The topological polar surface area (TPSA) is 158 Å². The Balaban J connectivity index is 0.000000169. The van der Waals surface area contributed by atoms with E-state index >= 15 is 0 Å². The largest absolute Gasteiger partial charge is 0.458 e. The molecule has 6 aliphatic rings. The van der Waals surface area contributed by atoms with Crippen LogP contribution in [0.2, 0.25) is 0 Å². The van der Waals surface area contributed by atoms with E-state index in [1.165, 1.54) is 0 Å². The van der Waals surface area contributed by atoms with Gasteiger partial charge < -0.3 is 28.4 Å². The molecule has 12 atom stereocenters. The van der Waals surface area contributed by atoms with E-state index in [9.17, 15) is 28.8 Å². The van der Waals surface area contributed by atoms with Gasteiger partial charge in [0.05, 0.1) is 35.0 Å². The second kappa shape index (κ2) is 16.4. The maximum absolute atomic E-state index is 11.8. The Morgan fingerprint density at radius 2 is 1.22 bits per heavy atom. The van der Waals surface area contributed by atoms with Gasteiger partial charge in [-0.2, -0.15) is 0 Å². The van der Waals surface area contributed by atoms with Gasteiger partial charge in [-0.15, -0.1) is 0 Å². The van der Waals surface area contributed by atoms with E-state index in [2.05, 4.69) is 0 Å². The standard InChI is InChI=1S/2C13H20O4.C12H18O4/c1-4-8(2)11(14)16-9-5-6-13(3)7-10(9)17-12(13)15;1-4-8(2)11(14)17-13(3)6-5-9-7-10(13)16-12(9)15;1-3-7(2)11(13)15-9-5-4-8-6-10(9)16-12(8)14/h2*8-10H,4-7H2,1-3H3;7-10H,3-6H2,1-2H3. The van der Waals surface area contributed by atoms with Gasteiger partial charge in [-0.25, -0.2) is 0 Å². The maximum atomic E-state index is 11.8. The molecule has 12 nitrogen and oxygen atoms in total. The minimum atomic E-state index is -0.622. The number of fused-ring (bicyclic) bond motifs is 6. The van der Waals surface area contributed by atoms with Crippen molar-refractivity contribution in [3.63, 3.8) is 0 Å². The molecule has 6 bridgehead atoms. The molecule has 0 aromatic heterocycles. The summed E-state index contributed by atoms with van der Waals surface area (Å²) in [5.74, 6) is -1.10. The lowest BCUT2D eigenvalue weighted by molar-refractivity contribution is -0.180. The Morgan fingerprint density at radius 3 is 1.82 bits per heavy atom. The highest BCUT2D eigenvalue weighted by molar-refractivity contribution is 5.79. The Morgan fingerprint density at radius 1 is 0.680 bits per heavy atom. The summed E-state index contributed by atoms with van der Waals surface area (Å²) in [6, 6.07) is 0. The quantitative estimate of drug-likeness (QED) is 0.210. The fraction of sp³-hybridized carbons (Fsp3) is 0.842. The van der Waals surface area contributed by atoms with Crippen molar-refractivity contribution in [3.8, 4) is 0 Å². The smallest absolute Gasteiger partial charge is 0.312 e. The van der Waals surface area contributed by atoms with Gasteiger partial charge in [0.1, 0.15) is 36.1 Å². The predicted molar refractivity (Wildman–Crippen MR) is 179 cm³/mol. The minimum Gasteiger partial charge on any atom is -0.458 e. The maximum Gasteiger partial charge on any atom is 0.312 e. The fourth-order valence-corrected chi connectivity index (χ4v) is 7.21. The Labute approximate surface area is 296 Å². The zero-order valence-corrected chi connectivity index (χ0v) is 31.2. The molecule has 0 N–H and O–H groups in total. The van der Waals surface area contributed by atoms with Gasteiger partial charge in [-0.3, -0.25) is 28.8 Å². The second-order valence-electron chi connectivity index (χ2n) is 15.7. The van der Waals surface area contributed by atoms with Gasteiger partial charge >= 0.3 is 35.8 Å². The minimum absolute atomic E-state index is 0.0235. The SMILES string of the molecule is CCC(C)C(=O)OC1(C)CCC2CC1OC2=O.CCC(C)C(=O)OC1CCC2(C)CC1OC2=O.CCC(C)C(=O)OC1CCC2CC1OC2=O. The third-order valence-electron chi connectivity index (χ3n) is 11.8. The highest BCUT2D eigenvalue weighted by Gasteiger charge is 2.54. The molecule has 3 saturated heterocycles. The van der Waals surface area contributed by atoms with Crippen LogP contribution in [0.1, 0.15) is 132 Å². The van der Waals surface area contributed by atoms with Crippen molar-refractivity contribution >= 4 is 35.8 Å². The van der Waals surface area contributed by atoms with Crippen molar-refractivity contribution in [1.82, 2.24) is 0 Å². The summed E-state index contributed by atoms with van der Waals surface area (Å²) < 4.78 is 32.2. The number of esters is 6. The number of carbonyl (C=O) groups is 6. The number of hydrogen-bond acceptors (Lipinski definition) is 12. The first kappa shape index (κ1) is 39.6. The van der Waals surface area contributed by atoms with Crippen molar-refractivity contribution < 1.29 is 57.2 Å². The number of carbonyl (C=O) groups excluding carboxylic acids is 6. The third-order valence-corrected chi connectivity index (χ3v) is 11.8. The van der Waals surface area contributed by atoms with E-state index in [0.29, 0.717) is 12.8 Å². The summed E-state index contributed by atoms with van der Waals surface area (Å²) >= 11 is 0. The van der Waals surface area contributed by atoms with Gasteiger partial charge in [0.25, 0.3) is 0 Å². The molecule has 0 amide bonds. The second-order valence-corrected chi connectivity index (χ2v) is 15.7. The van der Waals surface area contributed by atoms with Gasteiger partial charge in [-0.1, -0.05) is 41.5 Å². The van der Waals surface area contributed by atoms with E-state index < -0.39 is 5.60 Å². The predicted octanol–water partition coefficient (Wildman–Crippen LogP) is 5.79. The van der Waals surface area contributed by atoms with Crippen LogP contribution >= 0.6 is 0 Å². The summed E-state index contributed by atoms with van der Waals surface area (Å²) in [7, 11) is 0. The zero-order valence-electron chi connectivity index (χ0n) is 31.2. The normalized spacial score (nSPS) is 36.5. The van der Waals surface area contributed by atoms with Crippen LogP contribution in [0.25, 0.3) is 0 Å². The molecule has 0 radical (unpaired) electrons. The van der Waals surface area contributed by atoms with Crippen LogP contribution in [0.3, 0.4) is 0 Å². The Hall–Kier alpha value is -3.18. The third kappa shape index (κ3) is 8.99. The monoisotopic (exact) mass is 706 g/mol. The molecule has 6 rings (SSSR count). The van der Waals surface area contributed by atoms with Crippen LogP contribution in [-0.4, -0.2) is 71.9 Å². The molecule has 12 heteroatoms. The van der Waals surface area contributed by atoms with Crippen molar-refractivity contribution in [2.24, 2.45) is 35.0 Å². The molecule has 6 fully saturated rings. The Bertz CT molecular complexity index is 1280. The lowest BCUT2D eigenvalue weighted by Gasteiger charge is -2.36. The summed E-state index contributed by atoms with van der Waals surface area (Å²) in [4.78, 5) is 69.6. The van der Waals surface area contributed by atoms with Crippen molar-refractivity contribution in [1.29, 1.82) is 0 Å². The summed E-state index contributed by atoms with van der Waals surface area (Å²) in [5.41, 5.74) is -0.965. The van der Waals surface area contributed by atoms with Crippen LogP contribution < -0.4 is 0 Å². The van der Waals surface area contributed by atoms with Crippen LogP contribution in [0.4, 0.5) is 0 Å². The molecule has 12 unspecified atom stereocenters. The number of hydrogen-bond donors (Lipinski definition) is 0. The molecule has 0 aromatic carbocycles. The molecular weight excluding hydrogens is 648 g/mol. The lowest BCUT2D eigenvalue weighted by atomic mass is 9.76. The molecular formula is C38H58O12. The fourth-order valence-electron chi connectivity index (χ4n) is 7.21. The van der Waals surface area contributed by atoms with E-state index in [-0.39, 0.29) is 101 Å². The van der Waals surface area contributed by atoms with E-state index in [1.54, 1.807) is 0 Å². The van der Waals surface area contributed by atoms with Crippen LogP contribution in [0.5, 0.6) is 0 Å². The van der Waals surface area contributed by atoms with Crippen molar-refractivity contribution in [2.75, 3.05) is 0 Å². The van der Waals surface area contributed by atoms with Gasteiger partial charge in [-0.05, 0) is 71.6 Å². The molecule has 3 heterocycles. The molecule has 50 heavy (non-hydrogen) atoms. The number of ether oxygens (including phenoxy) is 6. The van der Waals surface area contributed by atoms with Crippen LogP contribution in [0.15, 0.2) is 0 Å². The Kier molecular flexibility index (Phi) is 13.0. The van der Waals surface area contributed by atoms with Gasteiger partial charge in [0.15, 0.2) is 0 Å². The molecule has 3 saturated carbocycles. The number of rotatable bonds is 9. The molecule has 3 aliphatic carbocycles. The highest BCUT2D eigenvalue weighted by atomic mass is 16.6. The van der Waals surface area contributed by atoms with E-state index in [1.807, 2.05) is 55.4 Å². The summed E-state index contributed by atoms with van der Waals surface area (Å²) in [6.45, 7) is 15.3. The highest BCUT2D eigenvalue weighted by Crippen LogP contribution is 2.46. The molecule has 0 spiro atoms. The average molecular weight is 707 g/mol. The first-order valence-electron chi connectivity index (χ1n) is 18.8. The average Bonchev–Trinajstić information content (AvgIpc) is 3.68. The zero-order chi connectivity index (χ0) is 37.0. The van der Waals surface area contributed by atoms with Crippen molar-refractivity contribution in [2.45, 2.75) is 169 Å². The first-order valence-corrected chi connectivity index (χ1v) is 18.8. The van der Waals surface area contributed by atoms with Crippen molar-refractivity contribution in [3.05, 3.63) is 0 Å². The lowest BCUT2D eigenvalue weighted by Crippen LogP contribution is -2.46. The molecule has 0 aromatic rings. The first-order chi connectivity index (χ1) is 23.5. The van der Waals surface area contributed by atoms with Gasteiger partial charge in [0, 0.05) is 19.3 Å². The summed E-state index contributed by atoms with van der Waals surface area (Å²) in [6.07, 6.45) is 7.79. The van der Waals surface area contributed by atoms with Gasteiger partial charge in [0.2, 0.25) is 0 Å². The van der Waals surface area contributed by atoms with Crippen LogP contribution in [-0.2, 0) is 57.2 Å². The summed E-state index contributed by atoms with van der Waals surface area (Å²) in [5, 5.41) is 0. The molecule has 282 valence electrons. The molecule has 3 aliphatic heterocycles. The van der Waals surface area contributed by atoms with Crippen LogP contribution in [0, 0.1) is 35.0 Å².